The van der Waals surface area contributed by atoms with E-state index < -0.39 is 0 Å². The van der Waals surface area contributed by atoms with Gasteiger partial charge in [-0.15, -0.1) is 0 Å². The van der Waals surface area contributed by atoms with Crippen LogP contribution in [0.2, 0.25) is 0 Å². The van der Waals surface area contributed by atoms with Gasteiger partial charge in [0.15, 0.2) is 0 Å². The van der Waals surface area contributed by atoms with Gasteiger partial charge in [-0.2, -0.15) is 0 Å². The average Bonchev–Trinajstić information content (AvgIpc) is 3.32. The summed E-state index contributed by atoms with van der Waals surface area (Å²) in [7, 11) is 0. The van der Waals surface area contributed by atoms with Gasteiger partial charge in [0.1, 0.15) is 0 Å². The van der Waals surface area contributed by atoms with E-state index in [0.717, 1.165) is 44.8 Å². The molecule has 0 fully saturated rings. The molecule has 2 aliphatic heterocycles. The number of nitrogens with one attached hydrogen (secondary N) is 2. The minimum absolute atomic E-state index is 0. The molecule has 5 heteroatoms. The zero-order valence-electron chi connectivity index (χ0n) is 13.2. The predicted octanol–water partition coefficient (Wildman–Crippen LogP) is 5.29. The molecule has 0 unspecified atom stereocenters. The van der Waals surface area contributed by atoms with E-state index in [1.54, 1.807) is 0 Å². The molecule has 3 aromatic rings. The molecule has 4 nitrogen and oxygen atoms in total. The van der Waals surface area contributed by atoms with Crippen molar-refractivity contribution in [2.45, 2.75) is 7.43 Å². The molecule has 0 aromatic carbocycles. The maximum absolute atomic E-state index is 4.62. The Morgan fingerprint density at radius 1 is 0.500 bits per heavy atom. The minimum Gasteiger partial charge on any atom is -0.355 e. The fourth-order valence-electron chi connectivity index (χ4n) is 2.94. The van der Waals surface area contributed by atoms with Crippen LogP contribution in [0.3, 0.4) is 0 Å². The predicted molar refractivity (Wildman–Crippen MR) is 106 cm³/mol. The zero-order chi connectivity index (χ0) is 15.9. The molecule has 130 valence electrons. The Hall–Kier alpha value is -2.88. The summed E-state index contributed by atoms with van der Waals surface area (Å²) in [5.74, 6) is 0. The van der Waals surface area contributed by atoms with Crippen molar-refractivity contribution < 1.29 is 17.1 Å². The number of hydrogen-bond acceptors (Lipinski definition) is 2. The third kappa shape index (κ3) is 3.54. The summed E-state index contributed by atoms with van der Waals surface area (Å²) in [6, 6.07) is 16.4. The molecule has 0 radical (unpaired) electrons. The molecular formula is C21H18FeN4. The third-order valence-corrected chi connectivity index (χ3v) is 4.04. The van der Waals surface area contributed by atoms with E-state index in [4.69, 9.17) is 0 Å². The van der Waals surface area contributed by atoms with Gasteiger partial charge in [-0.1, -0.05) is 7.43 Å². The van der Waals surface area contributed by atoms with Crippen LogP contribution in [-0.2, 0) is 17.1 Å². The molecule has 2 N–H and O–H groups in total. The van der Waals surface area contributed by atoms with Crippen molar-refractivity contribution in [2.75, 3.05) is 0 Å². The molecule has 3 aromatic heterocycles. The number of aromatic amines is 2. The van der Waals surface area contributed by atoms with Gasteiger partial charge >= 0.3 is 0 Å². The maximum atomic E-state index is 4.62. The van der Waals surface area contributed by atoms with Crippen LogP contribution in [0, 0.1) is 0 Å². The normalized spacial score (nSPS) is 11.7. The van der Waals surface area contributed by atoms with Crippen molar-refractivity contribution in [3.63, 3.8) is 0 Å². The Kier molecular flexibility index (Phi) is 4.94. The Bertz CT molecular complexity index is 1080. The van der Waals surface area contributed by atoms with Gasteiger partial charge in [0.2, 0.25) is 0 Å². The standard InChI is InChI=1S/C20H14N4.CH4.Fe/c1-2-14-10-16-5-6-18(23-16)12-20-8-7-19(24-20)11-17-4-3-15(22-17)9-13(1)21-14;;/h1-12,21-22H;1H4;. The van der Waals surface area contributed by atoms with Crippen molar-refractivity contribution in [1.29, 1.82) is 0 Å². The fraction of sp³-hybridized carbons (Fsp3) is 0.0476. The molecule has 26 heavy (non-hydrogen) atoms. The summed E-state index contributed by atoms with van der Waals surface area (Å²) < 4.78 is 0. The summed E-state index contributed by atoms with van der Waals surface area (Å²) in [6.45, 7) is 0. The first kappa shape index (κ1) is 17.9. The van der Waals surface area contributed by atoms with Gasteiger partial charge in [-0.05, 0) is 72.8 Å². The summed E-state index contributed by atoms with van der Waals surface area (Å²) >= 11 is 0. The van der Waals surface area contributed by atoms with Crippen LogP contribution in [0.1, 0.15) is 30.2 Å². The first-order valence-corrected chi connectivity index (χ1v) is 7.85. The van der Waals surface area contributed by atoms with Crippen LogP contribution < -0.4 is 0 Å². The first-order chi connectivity index (χ1) is 11.8. The van der Waals surface area contributed by atoms with Gasteiger partial charge < -0.3 is 9.97 Å². The molecular weight excluding hydrogens is 364 g/mol. The first-order valence-electron chi connectivity index (χ1n) is 7.85. The molecule has 0 saturated heterocycles. The summed E-state index contributed by atoms with van der Waals surface area (Å²) in [5.41, 5.74) is 7.86. The van der Waals surface area contributed by atoms with Crippen LogP contribution in [0.5, 0.6) is 0 Å². The monoisotopic (exact) mass is 382 g/mol. The SMILES string of the molecule is C.C1=Cc2cc3ccc(cc4ccc(cc5nc(cc1n2)C=C5)[nH]4)[nH]3.[Fe]. The van der Waals surface area contributed by atoms with Crippen molar-refractivity contribution in [2.24, 2.45) is 0 Å². The topological polar surface area (TPSA) is 57.4 Å². The van der Waals surface area contributed by atoms with Crippen molar-refractivity contribution in [3.05, 3.63) is 71.3 Å². The van der Waals surface area contributed by atoms with E-state index in [9.17, 15) is 0 Å². The molecule has 0 aliphatic carbocycles. The number of rotatable bonds is 0. The smallest absolute Gasteiger partial charge is 0.0659 e. The summed E-state index contributed by atoms with van der Waals surface area (Å²) in [4.78, 5) is 16.0. The Morgan fingerprint density at radius 3 is 1.27 bits per heavy atom. The maximum Gasteiger partial charge on any atom is 0.0659 e. The summed E-state index contributed by atoms with van der Waals surface area (Å²) in [6.07, 6.45) is 8.05. The van der Waals surface area contributed by atoms with Gasteiger partial charge in [-0.25, -0.2) is 9.97 Å². The van der Waals surface area contributed by atoms with E-state index in [1.807, 2.05) is 42.5 Å². The van der Waals surface area contributed by atoms with Gasteiger partial charge in [0.05, 0.1) is 22.8 Å². The molecule has 5 heterocycles. The number of nitrogens with zero attached hydrogens (tertiary/aromatic N) is 2. The largest absolute Gasteiger partial charge is 0.355 e. The number of hydrogen-bond donors (Lipinski definition) is 2. The second-order valence-corrected chi connectivity index (χ2v) is 5.91. The Balaban J connectivity index is 0.000000980. The van der Waals surface area contributed by atoms with Crippen LogP contribution in [0.4, 0.5) is 0 Å². The number of H-pyrrole nitrogens is 2. The zero-order valence-corrected chi connectivity index (χ0v) is 14.3. The number of fused-ring (bicyclic) bond motifs is 8. The van der Waals surface area contributed by atoms with Crippen molar-refractivity contribution >= 4 is 46.4 Å². The van der Waals surface area contributed by atoms with E-state index >= 15 is 0 Å². The molecule has 0 saturated carbocycles. The molecule has 8 bridgehead atoms. The van der Waals surface area contributed by atoms with E-state index in [2.05, 4.69) is 50.3 Å². The fourth-order valence-corrected chi connectivity index (χ4v) is 2.94. The van der Waals surface area contributed by atoms with E-state index in [1.165, 1.54) is 0 Å². The Morgan fingerprint density at radius 2 is 0.846 bits per heavy atom. The van der Waals surface area contributed by atoms with Gasteiger partial charge in [0, 0.05) is 39.1 Å². The molecule has 5 rings (SSSR count). The van der Waals surface area contributed by atoms with Crippen LogP contribution in [-0.4, -0.2) is 19.9 Å². The molecule has 2 aliphatic rings. The van der Waals surface area contributed by atoms with Gasteiger partial charge in [-0.3, -0.25) is 0 Å². The second kappa shape index (κ2) is 7.16. The molecule has 0 spiro atoms. The van der Waals surface area contributed by atoms with E-state index in [-0.39, 0.29) is 24.5 Å². The van der Waals surface area contributed by atoms with Crippen molar-refractivity contribution in [3.8, 4) is 0 Å². The average molecular weight is 382 g/mol. The van der Waals surface area contributed by atoms with Crippen LogP contribution in [0.25, 0.3) is 46.4 Å². The van der Waals surface area contributed by atoms with Crippen molar-refractivity contribution in [1.82, 2.24) is 19.9 Å². The Labute approximate surface area is 162 Å². The van der Waals surface area contributed by atoms with Gasteiger partial charge in [0.25, 0.3) is 0 Å². The molecule has 0 atom stereocenters. The minimum atomic E-state index is 0. The van der Waals surface area contributed by atoms with Crippen LogP contribution in [0.15, 0.2) is 48.5 Å². The van der Waals surface area contributed by atoms with E-state index in [0.29, 0.717) is 0 Å². The van der Waals surface area contributed by atoms with Crippen LogP contribution >= 0.6 is 0 Å². The quantitative estimate of drug-likeness (QED) is 0.358. The summed E-state index contributed by atoms with van der Waals surface area (Å²) in [5, 5.41) is 0. The number of aromatic nitrogens is 4. The second-order valence-electron chi connectivity index (χ2n) is 5.91. The molecule has 0 amide bonds. The third-order valence-electron chi connectivity index (χ3n) is 4.04.